The molecule has 0 radical (unpaired) electrons. The highest BCUT2D eigenvalue weighted by Crippen LogP contribution is 2.15. The zero-order chi connectivity index (χ0) is 18.9. The van der Waals surface area contributed by atoms with E-state index in [1.54, 1.807) is 18.7 Å². The Morgan fingerprint density at radius 2 is 2.04 bits per heavy atom. The molecule has 1 fully saturated rings. The van der Waals surface area contributed by atoms with Gasteiger partial charge in [-0.3, -0.25) is 0 Å². The summed E-state index contributed by atoms with van der Waals surface area (Å²) in [5.41, 5.74) is 1.04. The average Bonchev–Trinajstić information content (AvgIpc) is 3.21. The first kappa shape index (κ1) is 22.2. The Morgan fingerprint density at radius 3 is 2.68 bits per heavy atom. The summed E-state index contributed by atoms with van der Waals surface area (Å²) in [5, 5.41) is 6.97. The van der Waals surface area contributed by atoms with E-state index < -0.39 is 0 Å². The van der Waals surface area contributed by atoms with Gasteiger partial charge in [-0.1, -0.05) is 12.2 Å². The molecule has 1 saturated heterocycles. The lowest BCUT2D eigenvalue weighted by molar-refractivity contribution is 0.456. The van der Waals surface area contributed by atoms with Gasteiger partial charge in [0.05, 0.1) is 12.8 Å². The van der Waals surface area contributed by atoms with Gasteiger partial charge < -0.3 is 20.0 Å². The number of nitrogens with zero attached hydrogens (tertiary/aromatic N) is 4. The third-order valence-electron chi connectivity index (χ3n) is 4.42. The van der Waals surface area contributed by atoms with E-state index in [0.29, 0.717) is 12.6 Å². The Bertz CT molecular complexity index is 726. The van der Waals surface area contributed by atoms with Crippen molar-refractivity contribution in [3.63, 3.8) is 0 Å². The highest BCUT2D eigenvalue weighted by molar-refractivity contribution is 14.0. The van der Waals surface area contributed by atoms with Crippen LogP contribution >= 0.6 is 24.0 Å². The lowest BCUT2D eigenvalue weighted by atomic mass is 10.1. The van der Waals surface area contributed by atoms with Crippen LogP contribution < -0.4 is 15.5 Å². The van der Waals surface area contributed by atoms with Crippen LogP contribution in [0.15, 0.2) is 58.4 Å². The molecular formula is C20H29IN6O. The molecule has 8 heteroatoms. The van der Waals surface area contributed by atoms with Crippen LogP contribution in [0.5, 0.6) is 0 Å². The third-order valence-corrected chi connectivity index (χ3v) is 4.42. The standard InChI is InChI=1S/C20H28N6O.HI/c1-16(2)15-24-19(21-11-6-18-5-3-14-27-18)25-17-7-12-26(13-8-17)20-22-9-4-10-23-20;/h3-5,9-10,14,17H,1,6-8,11-13,15H2,2H3,(H2,21,24,25);1H. The quantitative estimate of drug-likeness (QED) is 0.266. The van der Waals surface area contributed by atoms with Crippen molar-refractivity contribution < 1.29 is 4.42 Å². The minimum Gasteiger partial charge on any atom is -0.469 e. The topological polar surface area (TPSA) is 78.6 Å². The molecule has 0 aromatic carbocycles. The number of aliphatic imine (C=N–C) groups is 1. The van der Waals surface area contributed by atoms with Crippen LogP contribution in [0.4, 0.5) is 5.95 Å². The molecule has 28 heavy (non-hydrogen) atoms. The van der Waals surface area contributed by atoms with Gasteiger partial charge in [0.25, 0.3) is 0 Å². The van der Waals surface area contributed by atoms with Crippen molar-refractivity contribution >= 4 is 35.9 Å². The number of piperidine rings is 1. The first-order valence-electron chi connectivity index (χ1n) is 9.44. The van der Waals surface area contributed by atoms with Gasteiger partial charge in [-0.05, 0) is 38.0 Å². The van der Waals surface area contributed by atoms with E-state index in [4.69, 9.17) is 4.42 Å². The Hall–Kier alpha value is -2.10. The first-order chi connectivity index (χ1) is 13.2. The van der Waals surface area contributed by atoms with Gasteiger partial charge in [-0.25, -0.2) is 15.0 Å². The zero-order valence-corrected chi connectivity index (χ0v) is 18.6. The van der Waals surface area contributed by atoms with Crippen LogP contribution in [0.2, 0.25) is 0 Å². The summed E-state index contributed by atoms with van der Waals surface area (Å²) in [6, 6.07) is 6.12. The van der Waals surface area contributed by atoms with Crippen molar-refractivity contribution in [2.45, 2.75) is 32.2 Å². The van der Waals surface area contributed by atoms with Crippen LogP contribution in [0.25, 0.3) is 0 Å². The predicted molar refractivity (Wildman–Crippen MR) is 123 cm³/mol. The molecule has 0 spiro atoms. The van der Waals surface area contributed by atoms with E-state index in [1.165, 1.54) is 0 Å². The lowest BCUT2D eigenvalue weighted by Gasteiger charge is -2.33. The molecule has 3 rings (SSSR count). The fourth-order valence-electron chi connectivity index (χ4n) is 3.00. The van der Waals surface area contributed by atoms with Gasteiger partial charge >= 0.3 is 0 Å². The van der Waals surface area contributed by atoms with Gasteiger partial charge in [-0.2, -0.15) is 0 Å². The first-order valence-corrected chi connectivity index (χ1v) is 9.44. The van der Waals surface area contributed by atoms with Crippen LogP contribution in [-0.4, -0.2) is 48.1 Å². The molecule has 1 aliphatic rings. The summed E-state index contributed by atoms with van der Waals surface area (Å²) in [6.45, 7) is 9.18. The average molecular weight is 496 g/mol. The summed E-state index contributed by atoms with van der Waals surface area (Å²) >= 11 is 0. The molecule has 0 unspecified atom stereocenters. The molecule has 152 valence electrons. The van der Waals surface area contributed by atoms with Crippen molar-refractivity contribution in [1.29, 1.82) is 0 Å². The Labute approximate surface area is 183 Å². The van der Waals surface area contributed by atoms with Gasteiger partial charge in [0.2, 0.25) is 5.95 Å². The van der Waals surface area contributed by atoms with E-state index in [-0.39, 0.29) is 24.0 Å². The fourth-order valence-corrected chi connectivity index (χ4v) is 3.00. The molecule has 3 heterocycles. The fraction of sp³-hybridized carbons (Fsp3) is 0.450. The largest absolute Gasteiger partial charge is 0.469 e. The monoisotopic (exact) mass is 496 g/mol. The van der Waals surface area contributed by atoms with Crippen molar-refractivity contribution in [3.05, 3.63) is 54.8 Å². The van der Waals surface area contributed by atoms with Crippen molar-refractivity contribution in [2.75, 3.05) is 31.1 Å². The molecule has 7 nitrogen and oxygen atoms in total. The number of rotatable bonds is 7. The third kappa shape index (κ3) is 7.14. The molecule has 0 bridgehead atoms. The lowest BCUT2D eigenvalue weighted by Crippen LogP contribution is -2.49. The van der Waals surface area contributed by atoms with Crippen molar-refractivity contribution in [2.24, 2.45) is 4.99 Å². The van der Waals surface area contributed by atoms with Gasteiger partial charge in [-0.15, -0.1) is 24.0 Å². The summed E-state index contributed by atoms with van der Waals surface area (Å²) in [7, 11) is 0. The molecule has 0 aliphatic carbocycles. The number of anilines is 1. The highest BCUT2D eigenvalue weighted by Gasteiger charge is 2.21. The van der Waals surface area contributed by atoms with Crippen LogP contribution in [0.1, 0.15) is 25.5 Å². The molecular weight excluding hydrogens is 467 g/mol. The number of hydrogen-bond donors (Lipinski definition) is 2. The number of furan rings is 1. The second-order valence-electron chi connectivity index (χ2n) is 6.83. The maximum absolute atomic E-state index is 5.39. The number of halogens is 1. The number of nitrogens with one attached hydrogen (secondary N) is 2. The molecule has 2 aromatic heterocycles. The maximum atomic E-state index is 5.39. The summed E-state index contributed by atoms with van der Waals surface area (Å²) in [5.74, 6) is 2.61. The number of guanidine groups is 1. The summed E-state index contributed by atoms with van der Waals surface area (Å²) in [4.78, 5) is 15.6. The van der Waals surface area contributed by atoms with Crippen molar-refractivity contribution in [3.8, 4) is 0 Å². The van der Waals surface area contributed by atoms with Crippen LogP contribution in [0, 0.1) is 0 Å². The molecule has 0 saturated carbocycles. The smallest absolute Gasteiger partial charge is 0.225 e. The van der Waals surface area contributed by atoms with Gasteiger partial charge in [0.1, 0.15) is 5.76 Å². The van der Waals surface area contributed by atoms with E-state index in [2.05, 4.69) is 37.1 Å². The zero-order valence-electron chi connectivity index (χ0n) is 16.3. The van der Waals surface area contributed by atoms with E-state index in [1.807, 2.05) is 25.1 Å². The molecule has 0 amide bonds. The molecule has 0 atom stereocenters. The SMILES string of the molecule is C=C(C)CN=C(NCCc1ccco1)NC1CCN(c2ncccn2)CC1.I. The molecule has 2 aromatic rings. The molecule has 2 N–H and O–H groups in total. The van der Waals surface area contributed by atoms with Gasteiger partial charge in [0, 0.05) is 44.5 Å². The summed E-state index contributed by atoms with van der Waals surface area (Å²) in [6.07, 6.45) is 8.14. The highest BCUT2D eigenvalue weighted by atomic mass is 127. The van der Waals surface area contributed by atoms with Crippen molar-refractivity contribution in [1.82, 2.24) is 20.6 Å². The minimum atomic E-state index is 0. The second kappa shape index (κ2) is 11.7. The Balaban J connectivity index is 0.00000280. The minimum absolute atomic E-state index is 0. The number of hydrogen-bond acceptors (Lipinski definition) is 5. The van der Waals surface area contributed by atoms with Crippen LogP contribution in [0.3, 0.4) is 0 Å². The predicted octanol–water partition coefficient (Wildman–Crippen LogP) is 3.01. The molecule has 1 aliphatic heterocycles. The Morgan fingerprint density at radius 1 is 1.29 bits per heavy atom. The Kier molecular flexibility index (Phi) is 9.26. The van der Waals surface area contributed by atoms with E-state index in [9.17, 15) is 0 Å². The summed E-state index contributed by atoms with van der Waals surface area (Å²) < 4.78 is 5.39. The second-order valence-corrected chi connectivity index (χ2v) is 6.83. The van der Waals surface area contributed by atoms with E-state index in [0.717, 1.165) is 62.1 Å². The maximum Gasteiger partial charge on any atom is 0.225 e. The van der Waals surface area contributed by atoms with E-state index >= 15 is 0 Å². The van der Waals surface area contributed by atoms with Gasteiger partial charge in [0.15, 0.2) is 5.96 Å². The number of aromatic nitrogens is 2. The van der Waals surface area contributed by atoms with Crippen LogP contribution in [-0.2, 0) is 6.42 Å². The normalized spacial score (nSPS) is 15.0.